The van der Waals surface area contributed by atoms with Crippen molar-refractivity contribution in [2.75, 3.05) is 4.90 Å². The van der Waals surface area contributed by atoms with E-state index in [4.69, 9.17) is 23.8 Å². The van der Waals surface area contributed by atoms with E-state index in [1.54, 1.807) is 0 Å². The Kier molecular flexibility index (Phi) is 13.2. The van der Waals surface area contributed by atoms with E-state index >= 15 is 0 Å². The Morgan fingerprint density at radius 2 is 0.740 bits per heavy atom. The summed E-state index contributed by atoms with van der Waals surface area (Å²) in [5.74, 6) is 1.97. The molecule has 0 aliphatic heterocycles. The fraction of sp³-hybridized carbons (Fsp3) is 0.167. The molecule has 0 N–H and O–H groups in total. The zero-order chi connectivity index (χ0) is 65.6. The molecule has 0 saturated heterocycles. The highest BCUT2D eigenvalue weighted by atomic mass is 16.3. The summed E-state index contributed by atoms with van der Waals surface area (Å²) in [4.78, 5) is 17.2. The van der Waals surface area contributed by atoms with Gasteiger partial charge in [0.1, 0.15) is 22.3 Å². The van der Waals surface area contributed by atoms with Gasteiger partial charge in [-0.2, -0.15) is 0 Å². The summed E-state index contributed by atoms with van der Waals surface area (Å²) >= 11 is 0. The molecule has 0 fully saturated rings. The Bertz CT molecular complexity index is 5570. The van der Waals surface area contributed by atoms with Crippen molar-refractivity contribution in [3.8, 4) is 78.7 Å². The molecule has 12 aromatic carbocycles. The molecule has 15 aromatic rings. The van der Waals surface area contributed by atoms with Gasteiger partial charge in [-0.3, -0.25) is 0 Å². The van der Waals surface area contributed by atoms with E-state index < -0.39 is 0 Å². The molecule has 0 saturated carbocycles. The van der Waals surface area contributed by atoms with Crippen LogP contribution in [0.25, 0.3) is 123 Å². The molecular formula is C90H74N4O2. The van der Waals surface area contributed by atoms with Crippen LogP contribution in [0.15, 0.2) is 276 Å². The SMILES string of the molecule is CC1(C)c2cc(-c3cccc(-c4nc(-c5ccccc5)nc(-c5ccccc5)n4)c3)ccc2-c2cc3oc4ccccc4c3cc2C1(C)C.CC1(C)c2ccccc2-c2ccc(N(c3ccccc3)c3ccc4oc5ccc6c(c5c4c3)C(C)(C)C(C)(C)c3ccccc3-6)cc21. The van der Waals surface area contributed by atoms with Gasteiger partial charge in [-0.05, 0) is 173 Å². The van der Waals surface area contributed by atoms with Crippen LogP contribution in [0.2, 0.25) is 0 Å². The van der Waals surface area contributed by atoms with Crippen LogP contribution in [0.5, 0.6) is 0 Å². The molecule has 0 radical (unpaired) electrons. The number of hydrogen-bond acceptors (Lipinski definition) is 6. The average molecular weight is 1240 g/mol. The molecule has 0 amide bonds. The predicted octanol–water partition coefficient (Wildman–Crippen LogP) is 24.3. The molecule has 96 heavy (non-hydrogen) atoms. The molecule has 466 valence electrons. The van der Waals surface area contributed by atoms with Gasteiger partial charge < -0.3 is 13.7 Å². The summed E-state index contributed by atoms with van der Waals surface area (Å²) in [5.41, 5.74) is 27.8. The second-order valence-electron chi connectivity index (χ2n) is 29.1. The van der Waals surface area contributed by atoms with Crippen LogP contribution in [0, 0.1) is 0 Å². The van der Waals surface area contributed by atoms with Crippen LogP contribution in [0.1, 0.15) is 103 Å². The Hall–Kier alpha value is -11.0. The number of nitrogens with zero attached hydrogens (tertiary/aromatic N) is 4. The summed E-state index contributed by atoms with van der Waals surface area (Å²) in [5, 5.41) is 4.73. The van der Waals surface area contributed by atoms with E-state index in [1.165, 1.54) is 88.5 Å². The van der Waals surface area contributed by atoms with Crippen LogP contribution in [-0.2, 0) is 27.1 Å². The van der Waals surface area contributed by atoms with E-state index in [9.17, 15) is 0 Å². The third-order valence-corrected chi connectivity index (χ3v) is 22.7. The van der Waals surface area contributed by atoms with Crippen LogP contribution in [-0.4, -0.2) is 15.0 Å². The third-order valence-electron chi connectivity index (χ3n) is 22.7. The lowest BCUT2D eigenvalue weighted by atomic mass is 9.55. The molecule has 3 heterocycles. The summed E-state index contributed by atoms with van der Waals surface area (Å²) < 4.78 is 13.0. The van der Waals surface area contributed by atoms with Crippen LogP contribution in [0.3, 0.4) is 0 Å². The molecule has 0 spiro atoms. The van der Waals surface area contributed by atoms with Gasteiger partial charge in [0, 0.05) is 66.1 Å². The second-order valence-corrected chi connectivity index (χ2v) is 29.1. The first-order chi connectivity index (χ1) is 46.4. The van der Waals surface area contributed by atoms with Crippen molar-refractivity contribution >= 4 is 60.9 Å². The van der Waals surface area contributed by atoms with Crippen molar-refractivity contribution in [1.82, 2.24) is 15.0 Å². The Labute approximate surface area is 561 Å². The molecule has 0 atom stereocenters. The maximum Gasteiger partial charge on any atom is 0.164 e. The Balaban J connectivity index is 0.000000145. The standard InChI is InChI=1S/C45H35N3O.C45H39NO/c1-44(2)37-25-31(22-23-33(37)35-27-40-36(26-38(35)45(44,3)4)34-20-11-12-21-39(34)49-40)30-18-13-19-32(24-30)43-47-41(28-14-7-5-8-15-28)46-42(48-43)29-16-9-6-10-17-29;1-43(2)36-18-12-10-16-31(36)33-22-20-30(27-38(33)43)46(28-14-8-7-9-15-28)29-21-24-39-35(26-29)41-40(47-39)25-23-34-32-17-11-13-19-37(32)44(3,4)45(5,6)42(34)41/h5-27H,1-4H3;7-27H,1-6H3. The molecule has 6 nitrogen and oxygen atoms in total. The van der Waals surface area contributed by atoms with Gasteiger partial charge in [0.05, 0.1) is 0 Å². The van der Waals surface area contributed by atoms with Crippen LogP contribution < -0.4 is 4.90 Å². The monoisotopic (exact) mass is 1240 g/mol. The fourth-order valence-corrected chi connectivity index (χ4v) is 16.1. The number of fused-ring (bicyclic) bond motifs is 16. The second kappa shape index (κ2) is 21.5. The first-order valence-electron chi connectivity index (χ1n) is 33.6. The fourth-order valence-electron chi connectivity index (χ4n) is 16.1. The van der Waals surface area contributed by atoms with E-state index in [0.717, 1.165) is 67.0 Å². The minimum absolute atomic E-state index is 0.0725. The first kappa shape index (κ1) is 58.8. The number of para-hydroxylation sites is 2. The molecule has 3 aliphatic rings. The zero-order valence-corrected chi connectivity index (χ0v) is 56.0. The van der Waals surface area contributed by atoms with Gasteiger partial charge in [0.2, 0.25) is 0 Å². The molecule has 6 heteroatoms. The summed E-state index contributed by atoms with van der Waals surface area (Å²) in [6.45, 7) is 23.8. The lowest BCUT2D eigenvalue weighted by Gasteiger charge is -2.48. The normalized spacial score (nSPS) is 15.4. The van der Waals surface area contributed by atoms with E-state index in [1.807, 2.05) is 66.7 Å². The first-order valence-corrected chi connectivity index (χ1v) is 33.6. The smallest absolute Gasteiger partial charge is 0.164 e. The molecular weight excluding hydrogens is 1170 g/mol. The van der Waals surface area contributed by atoms with Gasteiger partial charge >= 0.3 is 0 Å². The van der Waals surface area contributed by atoms with Gasteiger partial charge in [-0.25, -0.2) is 15.0 Å². The zero-order valence-electron chi connectivity index (χ0n) is 56.0. The van der Waals surface area contributed by atoms with Crippen LogP contribution in [0.4, 0.5) is 17.1 Å². The van der Waals surface area contributed by atoms with Crippen molar-refractivity contribution < 1.29 is 8.83 Å². The van der Waals surface area contributed by atoms with Crippen molar-refractivity contribution in [2.24, 2.45) is 0 Å². The Morgan fingerprint density at radius 3 is 1.45 bits per heavy atom. The van der Waals surface area contributed by atoms with E-state index in [0.29, 0.717) is 17.5 Å². The van der Waals surface area contributed by atoms with Crippen molar-refractivity contribution in [3.63, 3.8) is 0 Å². The maximum atomic E-state index is 6.62. The molecule has 3 aliphatic carbocycles. The quantitative estimate of drug-likeness (QED) is 0.158. The number of aromatic nitrogens is 3. The summed E-state index contributed by atoms with van der Waals surface area (Å²) in [6, 6.07) is 95.4. The average Bonchev–Trinajstić information content (AvgIpc) is 1.10. The molecule has 0 bridgehead atoms. The van der Waals surface area contributed by atoms with Gasteiger partial charge in [0.15, 0.2) is 17.5 Å². The molecule has 3 aromatic heterocycles. The van der Waals surface area contributed by atoms with E-state index in [-0.39, 0.29) is 27.1 Å². The summed E-state index contributed by atoms with van der Waals surface area (Å²) in [6.07, 6.45) is 0. The Morgan fingerprint density at radius 1 is 0.260 bits per heavy atom. The van der Waals surface area contributed by atoms with Gasteiger partial charge in [-0.15, -0.1) is 0 Å². The highest BCUT2D eigenvalue weighted by molar-refractivity contribution is 6.12. The largest absolute Gasteiger partial charge is 0.456 e. The minimum atomic E-state index is -0.139. The maximum absolute atomic E-state index is 6.62. The van der Waals surface area contributed by atoms with Crippen LogP contribution >= 0.6 is 0 Å². The lowest BCUT2D eigenvalue weighted by Crippen LogP contribution is -2.43. The number of hydrogen-bond donors (Lipinski definition) is 0. The summed E-state index contributed by atoms with van der Waals surface area (Å²) in [7, 11) is 0. The van der Waals surface area contributed by atoms with Crippen molar-refractivity contribution in [1.29, 1.82) is 0 Å². The van der Waals surface area contributed by atoms with E-state index in [2.05, 4.69) is 274 Å². The highest BCUT2D eigenvalue weighted by Crippen LogP contribution is 2.59. The van der Waals surface area contributed by atoms with Gasteiger partial charge in [0.25, 0.3) is 0 Å². The molecule has 0 unspecified atom stereocenters. The van der Waals surface area contributed by atoms with Gasteiger partial charge in [-0.1, -0.05) is 257 Å². The minimum Gasteiger partial charge on any atom is -0.456 e. The number of anilines is 3. The number of furan rings is 2. The lowest BCUT2D eigenvalue weighted by molar-refractivity contribution is 0.299. The van der Waals surface area contributed by atoms with Crippen molar-refractivity contribution in [2.45, 2.75) is 96.3 Å². The molecule has 18 rings (SSSR count). The van der Waals surface area contributed by atoms with Crippen molar-refractivity contribution in [3.05, 3.63) is 300 Å². The number of benzene rings is 12. The topological polar surface area (TPSA) is 68.2 Å². The predicted molar refractivity (Wildman–Crippen MR) is 398 cm³/mol. The highest BCUT2D eigenvalue weighted by Gasteiger charge is 2.48. The number of rotatable bonds is 7. The third kappa shape index (κ3) is 8.94.